The summed E-state index contributed by atoms with van der Waals surface area (Å²) in [6.07, 6.45) is -0.00277. The van der Waals surface area contributed by atoms with Crippen molar-refractivity contribution in [3.63, 3.8) is 0 Å². The van der Waals surface area contributed by atoms with E-state index in [1.165, 1.54) is 0 Å². The summed E-state index contributed by atoms with van der Waals surface area (Å²) < 4.78 is 11.1. The number of ether oxygens (including phenoxy) is 2. The average molecular weight is 279 g/mol. The van der Waals surface area contributed by atoms with Crippen LogP contribution >= 0.6 is 0 Å². The zero-order valence-electron chi connectivity index (χ0n) is 12.9. The first-order valence-corrected chi connectivity index (χ1v) is 6.83. The van der Waals surface area contributed by atoms with Crippen LogP contribution in [-0.2, 0) is 0 Å². The van der Waals surface area contributed by atoms with Gasteiger partial charge in [-0.3, -0.25) is 4.99 Å². The molecular weight excluding hydrogens is 254 g/mol. The minimum absolute atomic E-state index is 0.00277. The predicted molar refractivity (Wildman–Crippen MR) is 82.7 cm³/mol. The van der Waals surface area contributed by atoms with Crippen LogP contribution in [0, 0.1) is 0 Å². The Hall–Kier alpha value is -1.91. The molecule has 112 valence electrons. The normalized spacial score (nSPS) is 13.0. The summed E-state index contributed by atoms with van der Waals surface area (Å²) in [5.74, 6) is 2.26. The van der Waals surface area contributed by atoms with E-state index in [2.05, 4.69) is 29.5 Å². The summed E-state index contributed by atoms with van der Waals surface area (Å²) in [4.78, 5) is 4.16. The van der Waals surface area contributed by atoms with Crippen molar-refractivity contribution in [2.75, 3.05) is 20.7 Å². The summed E-state index contributed by atoms with van der Waals surface area (Å²) >= 11 is 0. The summed E-state index contributed by atoms with van der Waals surface area (Å²) in [7, 11) is 3.39. The van der Waals surface area contributed by atoms with Gasteiger partial charge in [0.25, 0.3) is 0 Å². The van der Waals surface area contributed by atoms with Crippen molar-refractivity contribution in [1.82, 2.24) is 10.6 Å². The van der Waals surface area contributed by atoms with Crippen LogP contribution < -0.4 is 20.1 Å². The van der Waals surface area contributed by atoms with Crippen molar-refractivity contribution in [1.29, 1.82) is 0 Å². The van der Waals surface area contributed by atoms with Gasteiger partial charge in [-0.2, -0.15) is 0 Å². The molecule has 0 saturated carbocycles. The second kappa shape index (κ2) is 8.30. The summed E-state index contributed by atoms with van der Waals surface area (Å²) in [6.45, 7) is 6.80. The highest BCUT2D eigenvalue weighted by Gasteiger charge is 2.09. The Morgan fingerprint density at radius 2 is 1.85 bits per heavy atom. The van der Waals surface area contributed by atoms with Crippen molar-refractivity contribution in [2.45, 2.75) is 32.9 Å². The lowest BCUT2D eigenvalue weighted by atomic mass is 10.3. The Balaban J connectivity index is 2.49. The second-order valence-electron chi connectivity index (χ2n) is 4.83. The molecular formula is C15H25N3O2. The molecule has 0 amide bonds. The largest absolute Gasteiger partial charge is 0.493 e. The summed E-state index contributed by atoms with van der Waals surface area (Å²) in [5, 5.41) is 6.46. The number of nitrogens with zero attached hydrogens (tertiary/aromatic N) is 1. The van der Waals surface area contributed by atoms with Crippen molar-refractivity contribution in [3.8, 4) is 11.5 Å². The number of hydrogen-bond acceptors (Lipinski definition) is 3. The number of methoxy groups -OCH3 is 1. The van der Waals surface area contributed by atoms with E-state index in [0.717, 1.165) is 17.5 Å². The van der Waals surface area contributed by atoms with Gasteiger partial charge in [0.1, 0.15) is 6.10 Å². The van der Waals surface area contributed by atoms with Gasteiger partial charge in [-0.15, -0.1) is 0 Å². The zero-order valence-corrected chi connectivity index (χ0v) is 12.9. The first-order chi connectivity index (χ1) is 9.56. The van der Waals surface area contributed by atoms with Gasteiger partial charge < -0.3 is 20.1 Å². The molecule has 0 aliphatic rings. The zero-order chi connectivity index (χ0) is 15.0. The molecule has 0 radical (unpaired) electrons. The highest BCUT2D eigenvalue weighted by molar-refractivity contribution is 5.79. The fraction of sp³-hybridized carbons (Fsp3) is 0.533. The Morgan fingerprint density at radius 3 is 2.40 bits per heavy atom. The Bertz CT molecular complexity index is 433. The number of para-hydroxylation sites is 2. The van der Waals surface area contributed by atoms with E-state index in [-0.39, 0.29) is 6.10 Å². The quantitative estimate of drug-likeness (QED) is 0.618. The minimum Gasteiger partial charge on any atom is -0.493 e. The van der Waals surface area contributed by atoms with Gasteiger partial charge >= 0.3 is 0 Å². The molecule has 0 saturated heterocycles. The fourth-order valence-electron chi connectivity index (χ4n) is 1.68. The third-order valence-corrected chi connectivity index (χ3v) is 2.60. The number of nitrogens with one attached hydrogen (secondary N) is 2. The first-order valence-electron chi connectivity index (χ1n) is 6.83. The molecule has 0 heterocycles. The van der Waals surface area contributed by atoms with E-state index in [0.29, 0.717) is 12.6 Å². The molecule has 0 aromatic heterocycles. The fourth-order valence-corrected chi connectivity index (χ4v) is 1.68. The molecule has 0 spiro atoms. The summed E-state index contributed by atoms with van der Waals surface area (Å²) in [6, 6.07) is 7.97. The molecule has 0 fully saturated rings. The van der Waals surface area contributed by atoms with Crippen molar-refractivity contribution < 1.29 is 9.47 Å². The minimum atomic E-state index is -0.00277. The molecule has 1 atom stereocenters. The van der Waals surface area contributed by atoms with E-state index < -0.39 is 0 Å². The van der Waals surface area contributed by atoms with Crippen LogP contribution in [0.1, 0.15) is 20.8 Å². The van der Waals surface area contributed by atoms with E-state index in [4.69, 9.17) is 9.47 Å². The summed E-state index contributed by atoms with van der Waals surface area (Å²) in [5.41, 5.74) is 0. The van der Waals surface area contributed by atoms with Gasteiger partial charge in [-0.05, 0) is 32.9 Å². The highest BCUT2D eigenvalue weighted by atomic mass is 16.5. The van der Waals surface area contributed by atoms with Crippen LogP contribution in [0.4, 0.5) is 0 Å². The van der Waals surface area contributed by atoms with Crippen molar-refractivity contribution in [2.24, 2.45) is 4.99 Å². The van der Waals surface area contributed by atoms with Crippen LogP contribution in [0.3, 0.4) is 0 Å². The van der Waals surface area contributed by atoms with E-state index in [1.807, 2.05) is 31.2 Å². The molecule has 2 N–H and O–H groups in total. The van der Waals surface area contributed by atoms with Gasteiger partial charge in [0, 0.05) is 13.1 Å². The molecule has 5 heteroatoms. The monoisotopic (exact) mass is 279 g/mol. The maximum atomic E-state index is 5.87. The Labute approximate surface area is 121 Å². The van der Waals surface area contributed by atoms with Gasteiger partial charge in [-0.25, -0.2) is 0 Å². The number of benzene rings is 1. The standard InChI is InChI=1S/C15H25N3O2/c1-11(2)18-15(16-4)17-10-12(3)20-14-9-7-6-8-13(14)19-5/h6-9,11-12H,10H2,1-5H3,(H2,16,17,18). The third-order valence-electron chi connectivity index (χ3n) is 2.60. The lowest BCUT2D eigenvalue weighted by Gasteiger charge is -2.19. The number of hydrogen-bond donors (Lipinski definition) is 2. The molecule has 0 bridgehead atoms. The first kappa shape index (κ1) is 16.1. The average Bonchev–Trinajstić information content (AvgIpc) is 2.43. The SMILES string of the molecule is CN=C(NCC(C)Oc1ccccc1OC)NC(C)C. The molecule has 1 unspecified atom stereocenters. The number of guanidine groups is 1. The molecule has 1 rings (SSSR count). The Morgan fingerprint density at radius 1 is 1.20 bits per heavy atom. The van der Waals surface area contributed by atoms with Crippen LogP contribution in [0.5, 0.6) is 11.5 Å². The molecule has 5 nitrogen and oxygen atoms in total. The van der Waals surface area contributed by atoms with Crippen LogP contribution in [0.2, 0.25) is 0 Å². The maximum absolute atomic E-state index is 5.87. The lowest BCUT2D eigenvalue weighted by Crippen LogP contribution is -2.44. The Kier molecular flexibility index (Phi) is 6.70. The topological polar surface area (TPSA) is 54.9 Å². The number of aliphatic imine (C=N–C) groups is 1. The van der Waals surface area contributed by atoms with Crippen molar-refractivity contribution in [3.05, 3.63) is 24.3 Å². The van der Waals surface area contributed by atoms with E-state index in [1.54, 1.807) is 14.2 Å². The van der Waals surface area contributed by atoms with Crippen LogP contribution in [0.15, 0.2) is 29.3 Å². The van der Waals surface area contributed by atoms with E-state index >= 15 is 0 Å². The molecule has 1 aromatic rings. The third kappa shape index (κ3) is 5.38. The lowest BCUT2D eigenvalue weighted by molar-refractivity contribution is 0.213. The van der Waals surface area contributed by atoms with Crippen LogP contribution in [-0.4, -0.2) is 38.8 Å². The predicted octanol–water partition coefficient (Wildman–Crippen LogP) is 2.04. The smallest absolute Gasteiger partial charge is 0.191 e. The second-order valence-corrected chi connectivity index (χ2v) is 4.83. The molecule has 0 aliphatic carbocycles. The van der Waals surface area contributed by atoms with Crippen molar-refractivity contribution >= 4 is 5.96 Å². The molecule has 20 heavy (non-hydrogen) atoms. The van der Waals surface area contributed by atoms with Crippen LogP contribution in [0.25, 0.3) is 0 Å². The van der Waals surface area contributed by atoms with Gasteiger partial charge in [-0.1, -0.05) is 12.1 Å². The number of rotatable bonds is 6. The molecule has 0 aliphatic heterocycles. The van der Waals surface area contributed by atoms with Gasteiger partial charge in [0.2, 0.25) is 0 Å². The maximum Gasteiger partial charge on any atom is 0.191 e. The van der Waals surface area contributed by atoms with Gasteiger partial charge in [0.15, 0.2) is 17.5 Å². The van der Waals surface area contributed by atoms with E-state index in [9.17, 15) is 0 Å². The molecule has 1 aromatic carbocycles. The highest BCUT2D eigenvalue weighted by Crippen LogP contribution is 2.26. The van der Waals surface area contributed by atoms with Gasteiger partial charge in [0.05, 0.1) is 13.7 Å².